The minimum atomic E-state index is -4.33. The summed E-state index contributed by atoms with van der Waals surface area (Å²) in [6.45, 7) is -0.985. The van der Waals surface area contributed by atoms with Gasteiger partial charge in [-0.2, -0.15) is 13.2 Å². The first-order valence-corrected chi connectivity index (χ1v) is 7.65. The van der Waals surface area contributed by atoms with Crippen molar-refractivity contribution in [3.8, 4) is 0 Å². The fraction of sp³-hybridized carbons (Fsp3) is 0.278. The molecule has 2 aromatic rings. The molecule has 2 aromatic carbocycles. The number of carbonyl (C=O) groups is 1. The summed E-state index contributed by atoms with van der Waals surface area (Å²) >= 11 is 0. The van der Waals surface area contributed by atoms with Crippen LogP contribution < -0.4 is 11.1 Å². The largest absolute Gasteiger partial charge is 0.411 e. The van der Waals surface area contributed by atoms with Crippen LogP contribution >= 0.6 is 0 Å². The Morgan fingerprint density at radius 2 is 1.64 bits per heavy atom. The Bertz CT molecular complexity index is 673. The van der Waals surface area contributed by atoms with E-state index in [-0.39, 0.29) is 6.61 Å². The van der Waals surface area contributed by atoms with Gasteiger partial charge in [-0.25, -0.2) is 0 Å². The molecular formula is C18H19F3N2O2. The summed E-state index contributed by atoms with van der Waals surface area (Å²) < 4.78 is 40.7. The minimum absolute atomic E-state index is 0.110. The zero-order valence-corrected chi connectivity index (χ0v) is 13.4. The van der Waals surface area contributed by atoms with Crippen molar-refractivity contribution in [2.75, 3.05) is 6.61 Å². The van der Waals surface area contributed by atoms with Crippen molar-refractivity contribution in [1.82, 2.24) is 5.32 Å². The van der Waals surface area contributed by atoms with Crippen LogP contribution in [0.1, 0.15) is 22.7 Å². The average Bonchev–Trinajstić information content (AvgIpc) is 2.56. The van der Waals surface area contributed by atoms with Crippen LogP contribution in [-0.2, 0) is 22.7 Å². The van der Waals surface area contributed by atoms with Gasteiger partial charge in [-0.15, -0.1) is 0 Å². The van der Waals surface area contributed by atoms with Gasteiger partial charge >= 0.3 is 6.18 Å². The van der Waals surface area contributed by atoms with Gasteiger partial charge in [0.1, 0.15) is 12.6 Å². The van der Waals surface area contributed by atoms with Crippen molar-refractivity contribution >= 4 is 5.91 Å². The Kier molecular flexibility index (Phi) is 6.55. The molecule has 7 heteroatoms. The monoisotopic (exact) mass is 352 g/mol. The van der Waals surface area contributed by atoms with Crippen LogP contribution in [0.4, 0.5) is 13.2 Å². The smallest absolute Gasteiger partial charge is 0.368 e. The fourth-order valence-corrected chi connectivity index (χ4v) is 2.29. The third kappa shape index (κ3) is 6.56. The number of nitrogens with two attached hydrogens (primary N) is 1. The number of hydrogen-bond donors (Lipinski definition) is 2. The van der Waals surface area contributed by atoms with E-state index in [9.17, 15) is 18.0 Å². The molecule has 0 fully saturated rings. The molecule has 4 nitrogen and oxygen atoms in total. The van der Waals surface area contributed by atoms with Crippen LogP contribution in [-0.4, -0.2) is 18.7 Å². The van der Waals surface area contributed by atoms with Crippen molar-refractivity contribution in [2.24, 2.45) is 5.73 Å². The minimum Gasteiger partial charge on any atom is -0.368 e. The number of rotatable bonds is 8. The van der Waals surface area contributed by atoms with Crippen molar-refractivity contribution in [3.63, 3.8) is 0 Å². The first-order valence-electron chi connectivity index (χ1n) is 7.65. The summed E-state index contributed by atoms with van der Waals surface area (Å²) in [6.07, 6.45) is -4.33. The van der Waals surface area contributed by atoms with Gasteiger partial charge in [0.05, 0.1) is 6.61 Å². The average molecular weight is 352 g/mol. The van der Waals surface area contributed by atoms with Crippen LogP contribution in [0.2, 0.25) is 0 Å². The Labute approximate surface area is 143 Å². The molecule has 1 unspecified atom stereocenters. The van der Waals surface area contributed by atoms with Crippen LogP contribution in [0, 0.1) is 0 Å². The quantitative estimate of drug-likeness (QED) is 0.767. The molecular weight excluding hydrogens is 333 g/mol. The summed E-state index contributed by atoms with van der Waals surface area (Å²) in [6, 6.07) is 15.4. The molecule has 0 aliphatic rings. The van der Waals surface area contributed by atoms with E-state index in [0.29, 0.717) is 12.1 Å². The molecule has 0 spiro atoms. The van der Waals surface area contributed by atoms with E-state index in [0.717, 1.165) is 11.1 Å². The first kappa shape index (κ1) is 19.0. The summed E-state index contributed by atoms with van der Waals surface area (Å²) in [4.78, 5) is 11.6. The number of benzene rings is 2. The van der Waals surface area contributed by atoms with E-state index in [1.54, 1.807) is 24.3 Å². The highest BCUT2D eigenvalue weighted by atomic mass is 19.4. The number of hydrogen-bond acceptors (Lipinski definition) is 3. The first-order chi connectivity index (χ1) is 11.8. The molecule has 0 aliphatic heterocycles. The second-order valence-electron chi connectivity index (χ2n) is 5.55. The van der Waals surface area contributed by atoms with E-state index in [1.807, 2.05) is 30.3 Å². The molecule has 134 valence electrons. The molecule has 0 heterocycles. The van der Waals surface area contributed by atoms with Crippen LogP contribution in [0.15, 0.2) is 54.6 Å². The van der Waals surface area contributed by atoms with Crippen molar-refractivity contribution in [1.29, 1.82) is 0 Å². The maximum Gasteiger partial charge on any atom is 0.411 e. The fourth-order valence-electron chi connectivity index (χ4n) is 2.29. The molecule has 0 radical (unpaired) electrons. The van der Waals surface area contributed by atoms with Gasteiger partial charge in [-0.1, -0.05) is 54.6 Å². The molecule has 0 aliphatic carbocycles. The van der Waals surface area contributed by atoms with Crippen molar-refractivity contribution < 1.29 is 22.7 Å². The normalized spacial score (nSPS) is 12.8. The van der Waals surface area contributed by atoms with Crippen LogP contribution in [0.25, 0.3) is 0 Å². The third-order valence-corrected chi connectivity index (χ3v) is 3.49. The topological polar surface area (TPSA) is 64.4 Å². The molecule has 3 N–H and O–H groups in total. The number of ether oxygens (including phenoxy) is 1. The molecule has 0 bridgehead atoms. The lowest BCUT2D eigenvalue weighted by Gasteiger charge is -2.16. The standard InChI is InChI=1S/C18H19F3N2O2/c19-18(20,21)12-25-11-14-8-6-13(7-9-14)10-23-16(17(22)24)15-4-2-1-3-5-15/h1-9,16,23H,10-12H2,(H2,22,24). The highest BCUT2D eigenvalue weighted by molar-refractivity contribution is 5.81. The van der Waals surface area contributed by atoms with Crippen molar-refractivity contribution in [2.45, 2.75) is 25.4 Å². The number of halogens is 3. The number of nitrogens with one attached hydrogen (secondary N) is 1. The maximum absolute atomic E-state index is 12.0. The second-order valence-corrected chi connectivity index (χ2v) is 5.55. The Morgan fingerprint density at radius 3 is 2.20 bits per heavy atom. The number of amides is 1. The summed E-state index contributed by atoms with van der Waals surface area (Å²) in [7, 11) is 0. The van der Waals surface area contributed by atoms with Gasteiger partial charge in [0.25, 0.3) is 0 Å². The lowest BCUT2D eigenvalue weighted by Crippen LogP contribution is -2.33. The third-order valence-electron chi connectivity index (χ3n) is 3.49. The Hall–Kier alpha value is -2.38. The van der Waals surface area contributed by atoms with E-state index >= 15 is 0 Å². The second kappa shape index (κ2) is 8.64. The van der Waals surface area contributed by atoms with Crippen LogP contribution in [0.3, 0.4) is 0 Å². The molecule has 0 aromatic heterocycles. The lowest BCUT2D eigenvalue weighted by molar-refractivity contribution is -0.176. The predicted molar refractivity (Wildman–Crippen MR) is 87.4 cm³/mol. The van der Waals surface area contributed by atoms with Crippen LogP contribution in [0.5, 0.6) is 0 Å². The van der Waals surface area contributed by atoms with Gasteiger partial charge in [0, 0.05) is 6.54 Å². The Balaban J connectivity index is 1.89. The number of alkyl halides is 3. The van der Waals surface area contributed by atoms with Gasteiger partial charge in [0.15, 0.2) is 0 Å². The zero-order chi connectivity index (χ0) is 18.3. The van der Waals surface area contributed by atoms with E-state index < -0.39 is 24.7 Å². The summed E-state index contributed by atoms with van der Waals surface area (Å²) in [5.41, 5.74) is 7.73. The highest BCUT2D eigenvalue weighted by Gasteiger charge is 2.27. The maximum atomic E-state index is 12.0. The number of primary amides is 1. The van der Waals surface area contributed by atoms with E-state index in [1.165, 1.54) is 0 Å². The van der Waals surface area contributed by atoms with E-state index in [4.69, 9.17) is 5.73 Å². The van der Waals surface area contributed by atoms with Gasteiger partial charge in [0.2, 0.25) is 5.91 Å². The highest BCUT2D eigenvalue weighted by Crippen LogP contribution is 2.16. The molecule has 25 heavy (non-hydrogen) atoms. The zero-order valence-electron chi connectivity index (χ0n) is 13.4. The van der Waals surface area contributed by atoms with Gasteiger partial charge in [-0.3, -0.25) is 10.1 Å². The SMILES string of the molecule is NC(=O)C(NCc1ccc(COCC(F)(F)F)cc1)c1ccccc1. The van der Waals surface area contributed by atoms with Gasteiger partial charge < -0.3 is 10.5 Å². The molecule has 0 saturated carbocycles. The predicted octanol–water partition coefficient (Wildman–Crippen LogP) is 3.08. The lowest BCUT2D eigenvalue weighted by atomic mass is 10.1. The molecule has 1 amide bonds. The van der Waals surface area contributed by atoms with E-state index in [2.05, 4.69) is 10.1 Å². The Morgan fingerprint density at radius 1 is 1.04 bits per heavy atom. The van der Waals surface area contributed by atoms with Crippen molar-refractivity contribution in [3.05, 3.63) is 71.3 Å². The molecule has 0 saturated heterocycles. The molecule has 2 rings (SSSR count). The summed E-state index contributed by atoms with van der Waals surface area (Å²) in [5, 5.41) is 3.08. The summed E-state index contributed by atoms with van der Waals surface area (Å²) in [5.74, 6) is -0.483. The number of carbonyl (C=O) groups excluding carboxylic acids is 1. The molecule has 1 atom stereocenters. The van der Waals surface area contributed by atoms with Gasteiger partial charge in [-0.05, 0) is 16.7 Å².